The summed E-state index contributed by atoms with van der Waals surface area (Å²) in [5.41, 5.74) is -0.773. The van der Waals surface area contributed by atoms with E-state index in [9.17, 15) is 39.9 Å². The molecule has 298 valence electrons. The van der Waals surface area contributed by atoms with Crippen molar-refractivity contribution >= 4 is 18.0 Å². The Morgan fingerprint density at radius 3 is 2.27 bits per heavy atom. The summed E-state index contributed by atoms with van der Waals surface area (Å²) in [5, 5.41) is 54.5. The van der Waals surface area contributed by atoms with E-state index >= 15 is 0 Å². The van der Waals surface area contributed by atoms with E-state index in [1.54, 1.807) is 65.8 Å². The van der Waals surface area contributed by atoms with Crippen LogP contribution in [0.15, 0.2) is 23.8 Å². The minimum atomic E-state index is -1.47. The van der Waals surface area contributed by atoms with Crippen molar-refractivity contribution in [2.24, 2.45) is 23.7 Å². The van der Waals surface area contributed by atoms with Crippen molar-refractivity contribution in [2.75, 3.05) is 20.7 Å². The minimum absolute atomic E-state index is 0.0210. The molecule has 16 atom stereocenters. The number of likely N-dealkylation sites (N-methyl/N-ethyl adjacent to an activating group) is 1. The predicted molar refractivity (Wildman–Crippen MR) is 190 cm³/mol. The molecule has 2 fully saturated rings. The fraction of sp³-hybridized carbons (Fsp3) is 0.816. The van der Waals surface area contributed by atoms with Gasteiger partial charge < -0.3 is 58.9 Å². The number of carbonyl (C=O) groups excluding carboxylic acids is 3. The third-order valence-electron chi connectivity index (χ3n) is 10.9. The van der Waals surface area contributed by atoms with Gasteiger partial charge in [-0.3, -0.25) is 9.59 Å². The lowest BCUT2D eigenvalue weighted by Gasteiger charge is -2.50. The molecular formula is C38H63NO13. The van der Waals surface area contributed by atoms with Gasteiger partial charge in [-0.25, -0.2) is 0 Å². The number of cyclic esters (lactones) is 1. The zero-order chi connectivity index (χ0) is 39.1. The van der Waals surface area contributed by atoms with Crippen molar-refractivity contribution in [2.45, 2.75) is 154 Å². The molecule has 0 aromatic carbocycles. The number of allylic oxidation sites excluding steroid dienone is 3. The van der Waals surface area contributed by atoms with Gasteiger partial charge in [0.05, 0.1) is 49.1 Å². The van der Waals surface area contributed by atoms with Crippen LogP contribution in [0.2, 0.25) is 0 Å². The molecule has 0 bridgehead atoms. The Hall–Kier alpha value is -2.11. The van der Waals surface area contributed by atoms with E-state index in [-0.39, 0.29) is 31.7 Å². The van der Waals surface area contributed by atoms with Gasteiger partial charge >= 0.3 is 5.97 Å². The molecule has 0 aromatic rings. The quantitative estimate of drug-likeness (QED) is 0.169. The zero-order valence-electron chi connectivity index (χ0n) is 32.2. The molecule has 3 heterocycles. The van der Waals surface area contributed by atoms with Gasteiger partial charge in [0.25, 0.3) is 0 Å². The van der Waals surface area contributed by atoms with Crippen LogP contribution >= 0.6 is 0 Å². The maximum absolute atomic E-state index is 13.3. The Labute approximate surface area is 308 Å². The van der Waals surface area contributed by atoms with Gasteiger partial charge in [0.1, 0.15) is 30.7 Å². The van der Waals surface area contributed by atoms with Gasteiger partial charge in [-0.15, -0.1) is 0 Å². The largest absolute Gasteiger partial charge is 0.462 e. The molecule has 14 heteroatoms. The van der Waals surface area contributed by atoms with Crippen LogP contribution in [0.4, 0.5) is 0 Å². The van der Waals surface area contributed by atoms with Crippen LogP contribution in [0.5, 0.6) is 0 Å². The number of hydrogen-bond acceptors (Lipinski definition) is 14. The number of esters is 1. The van der Waals surface area contributed by atoms with Crippen LogP contribution in [0.25, 0.3) is 0 Å². The average Bonchev–Trinajstić information content (AvgIpc) is 3.07. The Morgan fingerprint density at radius 1 is 1.02 bits per heavy atom. The first-order chi connectivity index (χ1) is 24.3. The van der Waals surface area contributed by atoms with E-state index in [1.165, 1.54) is 13.0 Å². The summed E-state index contributed by atoms with van der Waals surface area (Å²) in [5.74, 6) is -3.38. The van der Waals surface area contributed by atoms with Gasteiger partial charge in [0, 0.05) is 30.6 Å². The molecule has 3 rings (SSSR count). The Bertz CT molecular complexity index is 1240. The SMILES string of the molecule is CCC1OC(=O)CC(O)C(C)C(O[C@H]2O[C@H](C)[C@@H](O[C@H]3C[C@@](C)(O)[C@H](O)[C@H](C)O3)[C@@H](N(C)C)[C@H]2O)C(CC=O)CC(C)C(=O)/C=C/C(C)=C/C1CO. The number of aliphatic hydroxyl groups is 5. The molecule has 5 N–H and O–H groups in total. The summed E-state index contributed by atoms with van der Waals surface area (Å²) in [6, 6.07) is -0.720. The Balaban J connectivity index is 1.96. The molecule has 0 saturated carbocycles. The predicted octanol–water partition coefficient (Wildman–Crippen LogP) is 1.67. The number of carbonyl (C=O) groups is 3. The third-order valence-corrected chi connectivity index (χ3v) is 10.9. The molecule has 3 aliphatic heterocycles. The molecule has 0 radical (unpaired) electrons. The van der Waals surface area contributed by atoms with E-state index in [0.29, 0.717) is 12.0 Å². The topological polar surface area (TPSA) is 202 Å². The highest BCUT2D eigenvalue weighted by molar-refractivity contribution is 5.91. The molecule has 7 unspecified atom stereocenters. The first-order valence-corrected chi connectivity index (χ1v) is 18.5. The molecule has 0 amide bonds. The van der Waals surface area contributed by atoms with Crippen molar-refractivity contribution < 1.29 is 63.6 Å². The number of rotatable bonds is 9. The maximum Gasteiger partial charge on any atom is 0.308 e. The number of aliphatic hydroxyl groups excluding tert-OH is 4. The second kappa shape index (κ2) is 19.5. The first kappa shape index (κ1) is 44.3. The van der Waals surface area contributed by atoms with Crippen LogP contribution in [-0.4, -0.2) is 142 Å². The lowest BCUT2D eigenvalue weighted by Crippen LogP contribution is -2.65. The Morgan fingerprint density at radius 2 is 1.69 bits per heavy atom. The van der Waals surface area contributed by atoms with Crippen LogP contribution in [0.1, 0.15) is 80.6 Å². The lowest BCUT2D eigenvalue weighted by atomic mass is 9.79. The van der Waals surface area contributed by atoms with Crippen LogP contribution in [-0.2, 0) is 38.1 Å². The van der Waals surface area contributed by atoms with E-state index in [0.717, 1.165) is 6.29 Å². The number of nitrogens with zero attached hydrogens (tertiary/aromatic N) is 1. The van der Waals surface area contributed by atoms with Crippen molar-refractivity contribution in [3.63, 3.8) is 0 Å². The van der Waals surface area contributed by atoms with Gasteiger partial charge in [-0.1, -0.05) is 38.5 Å². The van der Waals surface area contributed by atoms with E-state index < -0.39 is 109 Å². The number of ether oxygens (including phenoxy) is 5. The summed E-state index contributed by atoms with van der Waals surface area (Å²) in [6.45, 7) is 11.6. The molecule has 52 heavy (non-hydrogen) atoms. The summed E-state index contributed by atoms with van der Waals surface area (Å²) in [4.78, 5) is 40.3. The summed E-state index contributed by atoms with van der Waals surface area (Å²) in [6.07, 6.45) is -4.08. The minimum Gasteiger partial charge on any atom is -0.462 e. The lowest BCUT2D eigenvalue weighted by molar-refractivity contribution is -0.341. The molecule has 3 aliphatic rings. The summed E-state index contributed by atoms with van der Waals surface area (Å²) >= 11 is 0. The fourth-order valence-electron chi connectivity index (χ4n) is 7.68. The highest BCUT2D eigenvalue weighted by atomic mass is 16.7. The molecular weight excluding hydrogens is 678 g/mol. The van der Waals surface area contributed by atoms with E-state index in [1.807, 2.05) is 6.92 Å². The van der Waals surface area contributed by atoms with E-state index in [2.05, 4.69) is 0 Å². The Kier molecular flexibility index (Phi) is 16.6. The van der Waals surface area contributed by atoms with Crippen molar-refractivity contribution in [1.29, 1.82) is 0 Å². The van der Waals surface area contributed by atoms with E-state index in [4.69, 9.17) is 23.7 Å². The van der Waals surface area contributed by atoms with Crippen molar-refractivity contribution in [1.82, 2.24) is 4.90 Å². The molecule has 2 saturated heterocycles. The van der Waals surface area contributed by atoms with Crippen LogP contribution in [0, 0.1) is 23.7 Å². The second-order valence-corrected chi connectivity index (χ2v) is 15.5. The first-order valence-electron chi connectivity index (χ1n) is 18.5. The van der Waals surface area contributed by atoms with Gasteiger partial charge in [-0.05, 0) is 66.6 Å². The highest BCUT2D eigenvalue weighted by Crippen LogP contribution is 2.37. The second-order valence-electron chi connectivity index (χ2n) is 15.5. The van der Waals surface area contributed by atoms with Crippen molar-refractivity contribution in [3.8, 4) is 0 Å². The standard InChI is InChI=1S/C38H63NO13/c1-10-29-26(19-41)15-20(2)11-12-27(42)21(3)16-25(13-14-40)34(22(4)28(43)17-30(44)50-29)52-37-33(45)32(39(8)9)35(23(5)49-37)51-31-18-38(7,47)36(46)24(6)48-31/h11-12,14-15,21-26,28-29,31-37,41,43,45-47H,10,13,16-19H2,1-9H3/b12-11+,20-15+/t21?,22?,23-,24+,25?,26?,28?,29?,31+,32+,33-,34?,35-,36-,37-,38-/m1/s1. The molecule has 0 spiro atoms. The third kappa shape index (κ3) is 11.2. The normalized spacial score (nSPS) is 44.8. The average molecular weight is 742 g/mol. The van der Waals surface area contributed by atoms with Gasteiger partial charge in [0.2, 0.25) is 0 Å². The molecule has 14 nitrogen and oxygen atoms in total. The molecule has 0 aliphatic carbocycles. The van der Waals surface area contributed by atoms with Crippen LogP contribution in [0.3, 0.4) is 0 Å². The van der Waals surface area contributed by atoms with Gasteiger partial charge in [-0.2, -0.15) is 0 Å². The monoisotopic (exact) mass is 741 g/mol. The number of hydrogen-bond donors (Lipinski definition) is 5. The van der Waals surface area contributed by atoms with Gasteiger partial charge in [0.15, 0.2) is 18.4 Å². The summed E-state index contributed by atoms with van der Waals surface area (Å²) in [7, 11) is 3.51. The number of aldehydes is 1. The summed E-state index contributed by atoms with van der Waals surface area (Å²) < 4.78 is 30.7. The fourth-order valence-corrected chi connectivity index (χ4v) is 7.68. The highest BCUT2D eigenvalue weighted by Gasteiger charge is 2.51. The van der Waals surface area contributed by atoms with Crippen molar-refractivity contribution in [3.05, 3.63) is 23.8 Å². The molecule has 0 aromatic heterocycles. The number of ketones is 1. The maximum atomic E-state index is 13.3. The zero-order valence-corrected chi connectivity index (χ0v) is 32.2. The van der Waals surface area contributed by atoms with Crippen LogP contribution < -0.4 is 0 Å². The smallest absolute Gasteiger partial charge is 0.308 e.